The maximum atomic E-state index is 13.6. The number of rotatable bonds is 6. The monoisotopic (exact) mass is 295 g/mol. The molecule has 6 heteroatoms. The molecule has 2 aromatic rings. The highest BCUT2D eigenvalue weighted by atomic mass is 19.1. The maximum absolute atomic E-state index is 13.6. The van der Waals surface area contributed by atoms with E-state index in [2.05, 4.69) is 29.3 Å². The minimum Gasteiger partial charge on any atom is -0.339 e. The molecular weight excluding hydrogens is 276 g/mol. The zero-order valence-corrected chi connectivity index (χ0v) is 12.4. The third-order valence-electron chi connectivity index (χ3n) is 3.44. The Hall–Kier alpha value is -1.82. The number of nitrogens with one attached hydrogen (secondary N) is 1. The molecule has 0 fully saturated rings. The van der Waals surface area contributed by atoms with E-state index in [1.807, 2.05) is 7.05 Å². The molecule has 0 spiro atoms. The fraction of sp³-hybridized carbons (Fsp3) is 0.467. The molecule has 1 N–H and O–H groups in total. The smallest absolute Gasteiger partial charge is 0.228 e. The van der Waals surface area contributed by atoms with Crippen LogP contribution < -0.4 is 5.32 Å². The van der Waals surface area contributed by atoms with Gasteiger partial charge < -0.3 is 9.84 Å². The first kappa shape index (κ1) is 15.6. The Kier molecular flexibility index (Phi) is 5.01. The van der Waals surface area contributed by atoms with Gasteiger partial charge in [-0.1, -0.05) is 25.1 Å². The Bertz CT molecular complexity index is 598. The number of nitrogens with zero attached hydrogens (tertiary/aromatic N) is 2. The molecule has 0 amide bonds. The highest BCUT2D eigenvalue weighted by Crippen LogP contribution is 2.14. The van der Waals surface area contributed by atoms with Crippen molar-refractivity contribution in [3.05, 3.63) is 47.1 Å². The topological polar surface area (TPSA) is 51.0 Å². The van der Waals surface area contributed by atoms with Gasteiger partial charge in [0.15, 0.2) is 5.82 Å². The van der Waals surface area contributed by atoms with Crippen LogP contribution >= 0.6 is 0 Å². The second-order valence-corrected chi connectivity index (χ2v) is 5.36. The molecule has 0 radical (unpaired) electrons. The van der Waals surface area contributed by atoms with E-state index in [9.17, 15) is 8.78 Å². The van der Waals surface area contributed by atoms with E-state index in [-0.39, 0.29) is 12.5 Å². The first-order chi connectivity index (χ1) is 9.99. The molecule has 0 aliphatic heterocycles. The average molecular weight is 295 g/mol. The van der Waals surface area contributed by atoms with Crippen molar-refractivity contribution in [2.75, 3.05) is 7.05 Å². The van der Waals surface area contributed by atoms with Crippen LogP contribution in [0.5, 0.6) is 0 Å². The van der Waals surface area contributed by atoms with Crippen molar-refractivity contribution in [3.8, 4) is 0 Å². The zero-order valence-electron chi connectivity index (χ0n) is 12.4. The lowest BCUT2D eigenvalue weighted by Crippen LogP contribution is -2.32. The number of hydrogen-bond donors (Lipinski definition) is 1. The standard InChI is InChI=1S/C15H19F2N3O/c1-9(2)13(18-3)8-15-19-14(20-21-15)6-10-4-5-11(16)7-12(10)17/h4-5,7,9,13,18H,6,8H2,1-3H3. The molecule has 21 heavy (non-hydrogen) atoms. The van der Waals surface area contributed by atoms with E-state index in [1.54, 1.807) is 0 Å². The van der Waals surface area contributed by atoms with Gasteiger partial charge in [0.1, 0.15) is 11.6 Å². The van der Waals surface area contributed by atoms with Crippen molar-refractivity contribution >= 4 is 0 Å². The van der Waals surface area contributed by atoms with Crippen LogP contribution in [0.3, 0.4) is 0 Å². The van der Waals surface area contributed by atoms with E-state index >= 15 is 0 Å². The second kappa shape index (κ2) is 6.76. The van der Waals surface area contributed by atoms with E-state index < -0.39 is 11.6 Å². The molecule has 0 aliphatic rings. The lowest BCUT2D eigenvalue weighted by molar-refractivity contribution is 0.333. The van der Waals surface area contributed by atoms with Gasteiger partial charge in [-0.15, -0.1) is 0 Å². The van der Waals surface area contributed by atoms with Crippen LogP contribution in [0.2, 0.25) is 0 Å². The quantitative estimate of drug-likeness (QED) is 0.890. The van der Waals surface area contributed by atoms with Gasteiger partial charge in [-0.3, -0.25) is 0 Å². The molecule has 2 rings (SSSR count). The molecule has 1 aromatic heterocycles. The van der Waals surface area contributed by atoms with Crippen molar-refractivity contribution in [2.24, 2.45) is 5.92 Å². The molecule has 0 saturated heterocycles. The summed E-state index contributed by atoms with van der Waals surface area (Å²) >= 11 is 0. The summed E-state index contributed by atoms with van der Waals surface area (Å²) in [6, 6.07) is 3.70. The average Bonchev–Trinajstić information content (AvgIpc) is 2.86. The molecule has 1 unspecified atom stereocenters. The summed E-state index contributed by atoms with van der Waals surface area (Å²) in [5, 5.41) is 7.04. The summed E-state index contributed by atoms with van der Waals surface area (Å²) in [5.74, 6) is 0.144. The zero-order chi connectivity index (χ0) is 15.4. The molecule has 114 valence electrons. The Morgan fingerprint density at radius 2 is 2.05 bits per heavy atom. The number of likely N-dealkylation sites (N-methyl/N-ethyl adjacent to an activating group) is 1. The Labute approximate surface area is 122 Å². The van der Waals surface area contributed by atoms with Gasteiger partial charge in [-0.05, 0) is 24.6 Å². The molecule has 1 atom stereocenters. The van der Waals surface area contributed by atoms with Gasteiger partial charge in [0, 0.05) is 24.9 Å². The minimum atomic E-state index is -0.600. The summed E-state index contributed by atoms with van der Waals surface area (Å²) in [4.78, 5) is 4.26. The molecule has 0 bridgehead atoms. The van der Waals surface area contributed by atoms with Crippen molar-refractivity contribution in [3.63, 3.8) is 0 Å². The highest BCUT2D eigenvalue weighted by molar-refractivity contribution is 5.21. The normalized spacial score (nSPS) is 12.9. The fourth-order valence-electron chi connectivity index (χ4n) is 2.14. The van der Waals surface area contributed by atoms with Gasteiger partial charge >= 0.3 is 0 Å². The molecule has 1 heterocycles. The molecule has 0 saturated carbocycles. The van der Waals surface area contributed by atoms with Gasteiger partial charge in [-0.2, -0.15) is 4.98 Å². The largest absolute Gasteiger partial charge is 0.339 e. The molecule has 4 nitrogen and oxygen atoms in total. The summed E-state index contributed by atoms with van der Waals surface area (Å²) < 4.78 is 31.6. The minimum absolute atomic E-state index is 0.182. The van der Waals surface area contributed by atoms with Crippen molar-refractivity contribution < 1.29 is 13.3 Å². The molecule has 1 aromatic carbocycles. The molecule has 0 aliphatic carbocycles. The number of hydrogen-bond acceptors (Lipinski definition) is 4. The first-order valence-electron chi connectivity index (χ1n) is 6.92. The van der Waals surface area contributed by atoms with Crippen LogP contribution in [0.15, 0.2) is 22.7 Å². The summed E-state index contributed by atoms with van der Waals surface area (Å²) in [5.41, 5.74) is 0.345. The second-order valence-electron chi connectivity index (χ2n) is 5.36. The highest BCUT2D eigenvalue weighted by Gasteiger charge is 2.17. The number of aromatic nitrogens is 2. The maximum Gasteiger partial charge on any atom is 0.228 e. The van der Waals surface area contributed by atoms with Gasteiger partial charge in [0.05, 0.1) is 0 Å². The van der Waals surface area contributed by atoms with E-state index in [0.717, 1.165) is 6.07 Å². The van der Waals surface area contributed by atoms with E-state index in [0.29, 0.717) is 29.6 Å². The van der Waals surface area contributed by atoms with Crippen LogP contribution in [-0.4, -0.2) is 23.2 Å². The Morgan fingerprint density at radius 3 is 2.67 bits per heavy atom. The lowest BCUT2D eigenvalue weighted by Gasteiger charge is -2.17. The van der Waals surface area contributed by atoms with Crippen LogP contribution in [-0.2, 0) is 12.8 Å². The van der Waals surface area contributed by atoms with E-state index in [4.69, 9.17) is 4.52 Å². The third-order valence-corrected chi connectivity index (χ3v) is 3.44. The van der Waals surface area contributed by atoms with Crippen molar-refractivity contribution in [1.82, 2.24) is 15.5 Å². The summed E-state index contributed by atoms with van der Waals surface area (Å²) in [6.45, 7) is 4.21. The predicted molar refractivity (Wildman–Crippen MR) is 74.9 cm³/mol. The van der Waals surface area contributed by atoms with Gasteiger partial charge in [0.2, 0.25) is 5.89 Å². The van der Waals surface area contributed by atoms with Crippen molar-refractivity contribution in [2.45, 2.75) is 32.7 Å². The Balaban J connectivity index is 2.06. The van der Waals surface area contributed by atoms with Gasteiger partial charge in [-0.25, -0.2) is 8.78 Å². The summed E-state index contributed by atoms with van der Waals surface area (Å²) in [7, 11) is 1.88. The predicted octanol–water partition coefficient (Wildman–Crippen LogP) is 2.73. The molecular formula is C15H19F2N3O. The number of benzene rings is 1. The SMILES string of the molecule is CNC(Cc1nc(Cc2ccc(F)cc2F)no1)C(C)C. The van der Waals surface area contributed by atoms with Crippen LogP contribution in [0.1, 0.15) is 31.1 Å². The van der Waals surface area contributed by atoms with Gasteiger partial charge in [0.25, 0.3) is 0 Å². The third kappa shape index (κ3) is 4.07. The van der Waals surface area contributed by atoms with Crippen LogP contribution in [0, 0.1) is 17.6 Å². The summed E-state index contributed by atoms with van der Waals surface area (Å²) in [6.07, 6.45) is 0.800. The van der Waals surface area contributed by atoms with Crippen LogP contribution in [0.4, 0.5) is 8.78 Å². The Morgan fingerprint density at radius 1 is 1.29 bits per heavy atom. The first-order valence-corrected chi connectivity index (χ1v) is 6.92. The van der Waals surface area contributed by atoms with E-state index in [1.165, 1.54) is 12.1 Å². The van der Waals surface area contributed by atoms with Crippen LogP contribution in [0.25, 0.3) is 0 Å². The lowest BCUT2D eigenvalue weighted by atomic mass is 10.0. The fourth-order valence-corrected chi connectivity index (χ4v) is 2.14. The van der Waals surface area contributed by atoms with Crippen molar-refractivity contribution in [1.29, 1.82) is 0 Å². The number of halogens is 2.